The van der Waals surface area contributed by atoms with Gasteiger partial charge < -0.3 is 5.11 Å². The molecule has 0 radical (unpaired) electrons. The summed E-state index contributed by atoms with van der Waals surface area (Å²) in [6.07, 6.45) is 3.84. The Hall–Kier alpha value is -0.510. The van der Waals surface area contributed by atoms with E-state index >= 15 is 0 Å². The minimum atomic E-state index is 0.292. The molecule has 3 rings (SSSR count). The molecule has 1 heterocycles. The number of thioether (sulfide) groups is 1. The molecule has 2 nitrogen and oxygen atoms in total. The fraction of sp³-hybridized carbons (Fsp3) is 0.571. The summed E-state index contributed by atoms with van der Waals surface area (Å²) in [5.41, 5.74) is 1.50. The van der Waals surface area contributed by atoms with E-state index < -0.39 is 0 Å². The number of rotatable bonds is 5. The molecule has 0 amide bonds. The molecule has 1 aliphatic carbocycles. The Labute approximate surface area is 107 Å². The van der Waals surface area contributed by atoms with Crippen LogP contribution in [0.25, 0.3) is 0 Å². The maximum atomic E-state index is 9.11. The summed E-state index contributed by atoms with van der Waals surface area (Å²) >= 11 is 2.01. The molecule has 0 aromatic heterocycles. The summed E-state index contributed by atoms with van der Waals surface area (Å²) in [6, 6.07) is 9.49. The molecular formula is C14H19NOS. The van der Waals surface area contributed by atoms with E-state index in [1.807, 2.05) is 11.8 Å². The lowest BCUT2D eigenvalue weighted by Gasteiger charge is -2.23. The van der Waals surface area contributed by atoms with E-state index in [1.54, 1.807) is 0 Å². The number of fused-ring (bicyclic) bond motifs is 1. The van der Waals surface area contributed by atoms with Crippen molar-refractivity contribution in [2.75, 3.05) is 19.7 Å². The highest BCUT2D eigenvalue weighted by molar-refractivity contribution is 8.00. The molecule has 1 aromatic rings. The Balaban J connectivity index is 1.60. The quantitative estimate of drug-likeness (QED) is 0.865. The highest BCUT2D eigenvalue weighted by Gasteiger charge is 2.32. The van der Waals surface area contributed by atoms with Crippen LogP contribution in [0.3, 0.4) is 0 Å². The molecular weight excluding hydrogens is 230 g/mol. The normalized spacial score (nSPS) is 23.1. The zero-order chi connectivity index (χ0) is 11.7. The standard InChI is InChI=1S/C14H19NOS/c16-8-7-15(12-5-6-12)10-13-9-11-3-1-2-4-14(11)17-13/h1-4,12-13,16H,5-10H2. The molecule has 0 saturated heterocycles. The van der Waals surface area contributed by atoms with E-state index in [9.17, 15) is 0 Å². The van der Waals surface area contributed by atoms with Crippen molar-refractivity contribution in [1.82, 2.24) is 4.90 Å². The highest BCUT2D eigenvalue weighted by Crippen LogP contribution is 2.38. The molecule has 1 atom stereocenters. The Morgan fingerprint density at radius 1 is 1.29 bits per heavy atom. The van der Waals surface area contributed by atoms with E-state index in [0.29, 0.717) is 11.9 Å². The van der Waals surface area contributed by atoms with Gasteiger partial charge in [-0.3, -0.25) is 4.90 Å². The van der Waals surface area contributed by atoms with Crippen molar-refractivity contribution >= 4 is 11.8 Å². The van der Waals surface area contributed by atoms with Gasteiger partial charge in [-0.15, -0.1) is 11.8 Å². The summed E-state index contributed by atoms with van der Waals surface area (Å²) in [5.74, 6) is 0. The molecule has 2 aliphatic rings. The predicted octanol–water partition coefficient (Wildman–Crippen LogP) is 2.16. The molecule has 1 aliphatic heterocycles. The molecule has 3 heteroatoms. The third-order valence-electron chi connectivity index (χ3n) is 3.60. The third-order valence-corrected chi connectivity index (χ3v) is 4.90. The van der Waals surface area contributed by atoms with Gasteiger partial charge in [0, 0.05) is 29.3 Å². The van der Waals surface area contributed by atoms with Crippen molar-refractivity contribution in [2.24, 2.45) is 0 Å². The Morgan fingerprint density at radius 3 is 2.82 bits per heavy atom. The average Bonchev–Trinajstić information content (AvgIpc) is 3.09. The maximum Gasteiger partial charge on any atom is 0.0558 e. The van der Waals surface area contributed by atoms with Crippen LogP contribution < -0.4 is 0 Å². The van der Waals surface area contributed by atoms with Crippen molar-refractivity contribution in [3.05, 3.63) is 29.8 Å². The van der Waals surface area contributed by atoms with Gasteiger partial charge in [0.1, 0.15) is 0 Å². The number of nitrogens with zero attached hydrogens (tertiary/aromatic N) is 1. The van der Waals surface area contributed by atoms with Crippen LogP contribution >= 0.6 is 11.8 Å². The van der Waals surface area contributed by atoms with E-state index in [0.717, 1.165) is 19.1 Å². The summed E-state index contributed by atoms with van der Waals surface area (Å²) in [6.45, 7) is 2.27. The van der Waals surface area contributed by atoms with Crippen LogP contribution in [-0.4, -0.2) is 41.0 Å². The number of aliphatic hydroxyl groups excluding tert-OH is 1. The van der Waals surface area contributed by atoms with Crippen LogP contribution in [0.5, 0.6) is 0 Å². The number of aliphatic hydroxyl groups is 1. The second-order valence-electron chi connectivity index (χ2n) is 5.00. The molecule has 0 bridgehead atoms. The van der Waals surface area contributed by atoms with Crippen LogP contribution in [0.2, 0.25) is 0 Å². The minimum absolute atomic E-state index is 0.292. The number of hydrogen-bond acceptors (Lipinski definition) is 3. The van der Waals surface area contributed by atoms with E-state index in [4.69, 9.17) is 5.11 Å². The van der Waals surface area contributed by atoms with Gasteiger partial charge in [0.25, 0.3) is 0 Å². The van der Waals surface area contributed by atoms with E-state index in [-0.39, 0.29) is 0 Å². The van der Waals surface area contributed by atoms with Gasteiger partial charge in [-0.05, 0) is 30.9 Å². The van der Waals surface area contributed by atoms with Gasteiger partial charge in [-0.1, -0.05) is 18.2 Å². The van der Waals surface area contributed by atoms with Gasteiger partial charge in [0.15, 0.2) is 0 Å². The largest absolute Gasteiger partial charge is 0.395 e. The topological polar surface area (TPSA) is 23.5 Å². The highest BCUT2D eigenvalue weighted by atomic mass is 32.2. The van der Waals surface area contributed by atoms with E-state index in [2.05, 4.69) is 29.2 Å². The molecule has 1 aromatic carbocycles. The lowest BCUT2D eigenvalue weighted by Crippen LogP contribution is -2.35. The molecule has 17 heavy (non-hydrogen) atoms. The van der Waals surface area contributed by atoms with Gasteiger partial charge in [0.05, 0.1) is 6.61 Å². The lowest BCUT2D eigenvalue weighted by atomic mass is 10.1. The molecule has 1 N–H and O–H groups in total. The summed E-state index contributed by atoms with van der Waals surface area (Å²) < 4.78 is 0. The zero-order valence-electron chi connectivity index (χ0n) is 10.0. The summed E-state index contributed by atoms with van der Waals surface area (Å²) in [4.78, 5) is 3.93. The second kappa shape index (κ2) is 5.01. The van der Waals surface area contributed by atoms with Crippen LogP contribution in [0.4, 0.5) is 0 Å². The fourth-order valence-electron chi connectivity index (χ4n) is 2.61. The van der Waals surface area contributed by atoms with Crippen molar-refractivity contribution in [3.63, 3.8) is 0 Å². The molecule has 92 valence electrons. The average molecular weight is 249 g/mol. The van der Waals surface area contributed by atoms with Gasteiger partial charge in [0.2, 0.25) is 0 Å². The Kier molecular flexibility index (Phi) is 3.41. The summed E-state index contributed by atoms with van der Waals surface area (Å²) in [5, 5.41) is 9.79. The van der Waals surface area contributed by atoms with Crippen LogP contribution in [-0.2, 0) is 6.42 Å². The van der Waals surface area contributed by atoms with Crippen molar-refractivity contribution in [3.8, 4) is 0 Å². The van der Waals surface area contributed by atoms with Crippen molar-refractivity contribution in [2.45, 2.75) is 35.4 Å². The molecule has 1 saturated carbocycles. The summed E-state index contributed by atoms with van der Waals surface area (Å²) in [7, 11) is 0. The number of benzene rings is 1. The predicted molar refractivity (Wildman–Crippen MR) is 71.5 cm³/mol. The maximum absolute atomic E-state index is 9.11. The fourth-order valence-corrected chi connectivity index (χ4v) is 3.96. The molecule has 0 spiro atoms. The first-order chi connectivity index (χ1) is 8.36. The second-order valence-corrected chi connectivity index (χ2v) is 6.34. The SMILES string of the molecule is OCCN(CC1Cc2ccccc2S1)C1CC1. The van der Waals surface area contributed by atoms with Crippen LogP contribution in [0.1, 0.15) is 18.4 Å². The van der Waals surface area contributed by atoms with Gasteiger partial charge in [-0.25, -0.2) is 0 Å². The van der Waals surface area contributed by atoms with E-state index in [1.165, 1.54) is 29.7 Å². The van der Waals surface area contributed by atoms with Crippen molar-refractivity contribution in [1.29, 1.82) is 0 Å². The van der Waals surface area contributed by atoms with Crippen LogP contribution in [0.15, 0.2) is 29.2 Å². The first-order valence-electron chi connectivity index (χ1n) is 6.46. The lowest BCUT2D eigenvalue weighted by molar-refractivity contribution is 0.190. The molecule has 1 fully saturated rings. The Bertz CT molecular complexity index is 367. The first kappa shape index (κ1) is 11.6. The first-order valence-corrected chi connectivity index (χ1v) is 7.34. The Morgan fingerprint density at radius 2 is 2.12 bits per heavy atom. The minimum Gasteiger partial charge on any atom is -0.395 e. The monoisotopic (exact) mass is 249 g/mol. The van der Waals surface area contributed by atoms with Gasteiger partial charge >= 0.3 is 0 Å². The van der Waals surface area contributed by atoms with Crippen LogP contribution in [0, 0.1) is 0 Å². The number of hydrogen-bond donors (Lipinski definition) is 1. The zero-order valence-corrected chi connectivity index (χ0v) is 10.8. The van der Waals surface area contributed by atoms with Gasteiger partial charge in [-0.2, -0.15) is 0 Å². The molecule has 1 unspecified atom stereocenters. The smallest absolute Gasteiger partial charge is 0.0558 e. The third kappa shape index (κ3) is 2.67. The van der Waals surface area contributed by atoms with Crippen molar-refractivity contribution < 1.29 is 5.11 Å².